The summed E-state index contributed by atoms with van der Waals surface area (Å²) in [6, 6.07) is 0.143. The van der Waals surface area contributed by atoms with Gasteiger partial charge in [-0.1, -0.05) is 32.4 Å². The van der Waals surface area contributed by atoms with Crippen molar-refractivity contribution in [3.63, 3.8) is 0 Å². The Labute approximate surface area is 126 Å². The zero-order valence-electron chi connectivity index (χ0n) is 12.7. The third-order valence-corrected chi connectivity index (χ3v) is 4.19. The molecule has 0 aliphatic heterocycles. The molecular formula is C15H24ClN3O. The minimum atomic E-state index is 0.0341. The lowest BCUT2D eigenvalue weighted by molar-refractivity contribution is 0.235. The Bertz CT molecular complexity index is 481. The maximum Gasteiger partial charge on any atom is 0.137 e. The van der Waals surface area contributed by atoms with Crippen LogP contribution in [0, 0.1) is 12.3 Å². The van der Waals surface area contributed by atoms with Gasteiger partial charge in [0.05, 0.1) is 0 Å². The number of halogens is 1. The Kier molecular flexibility index (Phi) is 4.55. The SMILES string of the molecule is Cc1c(Cl)nc(C2CC2)nc1NC(CCO)C(C)(C)C. The molecule has 1 unspecified atom stereocenters. The van der Waals surface area contributed by atoms with Crippen molar-refractivity contribution < 1.29 is 5.11 Å². The number of hydrogen-bond donors (Lipinski definition) is 2. The molecule has 0 radical (unpaired) electrons. The number of aliphatic hydroxyl groups excluding tert-OH is 1. The van der Waals surface area contributed by atoms with E-state index in [0.29, 0.717) is 17.5 Å². The van der Waals surface area contributed by atoms with Gasteiger partial charge in [0.25, 0.3) is 0 Å². The number of aliphatic hydroxyl groups is 1. The van der Waals surface area contributed by atoms with Gasteiger partial charge in [0.1, 0.15) is 16.8 Å². The molecule has 4 nitrogen and oxygen atoms in total. The lowest BCUT2D eigenvalue weighted by atomic mass is 9.85. The first kappa shape index (κ1) is 15.5. The molecule has 0 aromatic carbocycles. The van der Waals surface area contributed by atoms with Crippen molar-refractivity contribution in [2.75, 3.05) is 11.9 Å². The Hall–Kier alpha value is -0.870. The average Bonchev–Trinajstić information content (AvgIpc) is 3.16. The number of hydrogen-bond acceptors (Lipinski definition) is 4. The summed E-state index contributed by atoms with van der Waals surface area (Å²) in [6.07, 6.45) is 2.99. The van der Waals surface area contributed by atoms with Gasteiger partial charge in [-0.25, -0.2) is 9.97 Å². The smallest absolute Gasteiger partial charge is 0.137 e. The first-order chi connectivity index (χ1) is 9.32. The van der Waals surface area contributed by atoms with E-state index in [9.17, 15) is 5.11 Å². The molecule has 112 valence electrons. The predicted molar refractivity (Wildman–Crippen MR) is 82.3 cm³/mol. The summed E-state index contributed by atoms with van der Waals surface area (Å²) < 4.78 is 0. The van der Waals surface area contributed by atoms with Crippen LogP contribution < -0.4 is 5.32 Å². The number of aromatic nitrogens is 2. The van der Waals surface area contributed by atoms with Crippen LogP contribution in [0.5, 0.6) is 0 Å². The van der Waals surface area contributed by atoms with Crippen molar-refractivity contribution in [3.8, 4) is 0 Å². The standard InChI is InChI=1S/C15H24ClN3O/c1-9-12(16)18-14(10-5-6-10)19-13(9)17-11(7-8-20)15(2,3)4/h10-11,20H,5-8H2,1-4H3,(H,17,18,19). The monoisotopic (exact) mass is 297 g/mol. The molecule has 0 spiro atoms. The second kappa shape index (κ2) is 5.86. The van der Waals surface area contributed by atoms with Gasteiger partial charge in [-0.2, -0.15) is 0 Å². The molecule has 1 fully saturated rings. The van der Waals surface area contributed by atoms with Gasteiger partial charge in [0, 0.05) is 24.1 Å². The molecule has 1 aliphatic rings. The molecule has 1 aromatic heterocycles. The van der Waals surface area contributed by atoms with Crippen molar-refractivity contribution in [2.45, 2.75) is 58.9 Å². The van der Waals surface area contributed by atoms with E-state index in [0.717, 1.165) is 30.0 Å². The maximum atomic E-state index is 9.26. The van der Waals surface area contributed by atoms with Crippen molar-refractivity contribution in [2.24, 2.45) is 5.41 Å². The molecule has 1 saturated carbocycles. The lowest BCUT2D eigenvalue weighted by Gasteiger charge is -2.32. The fourth-order valence-corrected chi connectivity index (χ4v) is 2.36. The molecule has 1 heterocycles. The van der Waals surface area contributed by atoms with E-state index in [-0.39, 0.29) is 18.1 Å². The second-order valence-corrected chi connectivity index (χ2v) is 7.05. The fourth-order valence-electron chi connectivity index (χ4n) is 2.19. The predicted octanol–water partition coefficient (Wildman–Crippen LogP) is 3.52. The Morgan fingerprint density at radius 3 is 2.50 bits per heavy atom. The molecule has 1 aliphatic carbocycles. The van der Waals surface area contributed by atoms with Crippen LogP contribution in [0.25, 0.3) is 0 Å². The molecule has 2 rings (SSSR count). The van der Waals surface area contributed by atoms with Crippen molar-refractivity contribution in [3.05, 3.63) is 16.5 Å². The topological polar surface area (TPSA) is 58.0 Å². The zero-order valence-corrected chi connectivity index (χ0v) is 13.5. The number of nitrogens with zero attached hydrogens (tertiary/aromatic N) is 2. The first-order valence-corrected chi connectivity index (χ1v) is 7.62. The highest BCUT2D eigenvalue weighted by molar-refractivity contribution is 6.30. The summed E-state index contributed by atoms with van der Waals surface area (Å²) in [4.78, 5) is 9.02. The first-order valence-electron chi connectivity index (χ1n) is 7.24. The van der Waals surface area contributed by atoms with Crippen LogP contribution in [0.15, 0.2) is 0 Å². The van der Waals surface area contributed by atoms with Crippen LogP contribution >= 0.6 is 11.6 Å². The number of rotatable bonds is 5. The lowest BCUT2D eigenvalue weighted by Crippen LogP contribution is -2.35. The highest BCUT2D eigenvalue weighted by Gasteiger charge is 2.29. The summed E-state index contributed by atoms with van der Waals surface area (Å²) in [6.45, 7) is 8.54. The van der Waals surface area contributed by atoms with E-state index in [4.69, 9.17) is 11.6 Å². The summed E-state index contributed by atoms with van der Waals surface area (Å²) in [5.74, 6) is 2.12. The van der Waals surface area contributed by atoms with Gasteiger partial charge >= 0.3 is 0 Å². The molecule has 0 saturated heterocycles. The van der Waals surface area contributed by atoms with Crippen LogP contribution in [0.4, 0.5) is 5.82 Å². The Morgan fingerprint density at radius 2 is 2.00 bits per heavy atom. The van der Waals surface area contributed by atoms with Crippen molar-refractivity contribution in [1.82, 2.24) is 9.97 Å². The average molecular weight is 298 g/mol. The van der Waals surface area contributed by atoms with Crippen LogP contribution in [-0.4, -0.2) is 27.7 Å². The molecule has 2 N–H and O–H groups in total. The Morgan fingerprint density at radius 1 is 1.35 bits per heavy atom. The quantitative estimate of drug-likeness (QED) is 0.816. The molecule has 0 amide bonds. The minimum absolute atomic E-state index is 0.0341. The van der Waals surface area contributed by atoms with Crippen LogP contribution in [0.1, 0.15) is 57.3 Å². The third kappa shape index (κ3) is 3.61. The van der Waals surface area contributed by atoms with E-state index < -0.39 is 0 Å². The normalized spacial score (nSPS) is 17.1. The van der Waals surface area contributed by atoms with Gasteiger partial charge in [0.15, 0.2) is 0 Å². The third-order valence-electron chi connectivity index (χ3n) is 3.82. The van der Waals surface area contributed by atoms with Gasteiger partial charge in [-0.15, -0.1) is 0 Å². The van der Waals surface area contributed by atoms with Crippen LogP contribution in [0.2, 0.25) is 5.15 Å². The number of nitrogens with one attached hydrogen (secondary N) is 1. The van der Waals surface area contributed by atoms with Crippen molar-refractivity contribution >= 4 is 17.4 Å². The fraction of sp³-hybridized carbons (Fsp3) is 0.733. The number of anilines is 1. The molecular weight excluding hydrogens is 274 g/mol. The van der Waals surface area contributed by atoms with E-state index in [2.05, 4.69) is 36.1 Å². The van der Waals surface area contributed by atoms with Gasteiger partial charge in [0.2, 0.25) is 0 Å². The molecule has 0 bridgehead atoms. The molecule has 20 heavy (non-hydrogen) atoms. The summed E-state index contributed by atoms with van der Waals surface area (Å²) in [5.41, 5.74) is 0.912. The van der Waals surface area contributed by atoms with Gasteiger partial charge in [-0.3, -0.25) is 0 Å². The van der Waals surface area contributed by atoms with Gasteiger partial charge < -0.3 is 10.4 Å². The van der Waals surface area contributed by atoms with E-state index >= 15 is 0 Å². The molecule has 1 atom stereocenters. The van der Waals surface area contributed by atoms with Crippen molar-refractivity contribution in [1.29, 1.82) is 0 Å². The zero-order chi connectivity index (χ0) is 14.9. The van der Waals surface area contributed by atoms with Gasteiger partial charge in [-0.05, 0) is 31.6 Å². The highest BCUT2D eigenvalue weighted by atomic mass is 35.5. The largest absolute Gasteiger partial charge is 0.396 e. The second-order valence-electron chi connectivity index (χ2n) is 6.70. The van der Waals surface area contributed by atoms with Crippen LogP contribution in [0.3, 0.4) is 0 Å². The molecule has 5 heteroatoms. The van der Waals surface area contributed by atoms with E-state index in [1.807, 2.05) is 6.92 Å². The minimum Gasteiger partial charge on any atom is -0.396 e. The highest BCUT2D eigenvalue weighted by Crippen LogP contribution is 2.39. The summed E-state index contributed by atoms with van der Waals surface area (Å²) in [5, 5.41) is 13.2. The molecule has 1 aromatic rings. The summed E-state index contributed by atoms with van der Waals surface area (Å²) >= 11 is 6.23. The van der Waals surface area contributed by atoms with E-state index in [1.54, 1.807) is 0 Å². The summed E-state index contributed by atoms with van der Waals surface area (Å²) in [7, 11) is 0. The van der Waals surface area contributed by atoms with E-state index in [1.165, 1.54) is 0 Å². The Balaban J connectivity index is 2.26. The maximum absolute atomic E-state index is 9.26. The van der Waals surface area contributed by atoms with Crippen LogP contribution in [-0.2, 0) is 0 Å².